The van der Waals surface area contributed by atoms with Crippen molar-refractivity contribution in [2.45, 2.75) is 0 Å². The summed E-state index contributed by atoms with van der Waals surface area (Å²) in [7, 11) is 0. The summed E-state index contributed by atoms with van der Waals surface area (Å²) in [5.41, 5.74) is 1.62. The third-order valence-electron chi connectivity index (χ3n) is 3.96. The summed E-state index contributed by atoms with van der Waals surface area (Å²) >= 11 is 7.96. The Labute approximate surface area is 154 Å². The second-order valence-corrected chi connectivity index (χ2v) is 6.98. The van der Waals surface area contributed by atoms with E-state index in [1.165, 1.54) is 11.3 Å². The molecule has 0 bridgehead atoms. The molecule has 25 heavy (non-hydrogen) atoms. The lowest BCUT2D eigenvalue weighted by atomic mass is 10.2. The lowest BCUT2D eigenvalue weighted by Gasteiger charge is -2.22. The fraction of sp³-hybridized carbons (Fsp3) is 0. The van der Waals surface area contributed by atoms with Crippen LogP contribution in [0, 0.1) is 0 Å². The smallest absolute Gasteiger partial charge is 0.274 e. The molecule has 0 saturated carbocycles. The minimum Gasteiger partial charge on any atom is -0.276 e. The molecule has 1 heterocycles. The molecule has 4 aromatic rings. The Balaban J connectivity index is 1.87. The summed E-state index contributed by atoms with van der Waals surface area (Å²) in [6, 6.07) is 27.1. The van der Waals surface area contributed by atoms with E-state index < -0.39 is 0 Å². The molecular formula is C21H14ClNOS. The van der Waals surface area contributed by atoms with E-state index in [-0.39, 0.29) is 5.91 Å². The SMILES string of the molecule is O=C(c1sc2ccccc2c1Cl)N(c1ccccc1)c1ccccc1. The molecule has 0 aliphatic rings. The molecule has 1 aromatic heterocycles. The van der Waals surface area contributed by atoms with E-state index in [4.69, 9.17) is 11.6 Å². The molecule has 0 radical (unpaired) electrons. The first-order chi connectivity index (χ1) is 12.3. The van der Waals surface area contributed by atoms with Gasteiger partial charge in [0.15, 0.2) is 0 Å². The predicted molar refractivity (Wildman–Crippen MR) is 106 cm³/mol. The molecule has 1 amide bonds. The molecule has 122 valence electrons. The van der Waals surface area contributed by atoms with Crippen LogP contribution in [-0.2, 0) is 0 Å². The van der Waals surface area contributed by atoms with Crippen molar-refractivity contribution < 1.29 is 4.79 Å². The molecule has 4 rings (SSSR count). The number of rotatable bonds is 3. The van der Waals surface area contributed by atoms with Crippen molar-refractivity contribution in [1.29, 1.82) is 0 Å². The Bertz CT molecular complexity index is 988. The lowest BCUT2D eigenvalue weighted by molar-refractivity contribution is 0.100. The Kier molecular flexibility index (Phi) is 4.26. The molecule has 0 spiro atoms. The summed E-state index contributed by atoms with van der Waals surface area (Å²) in [6.45, 7) is 0. The Morgan fingerprint density at radius 2 is 1.28 bits per heavy atom. The van der Waals surface area contributed by atoms with E-state index in [1.807, 2.05) is 84.9 Å². The zero-order valence-electron chi connectivity index (χ0n) is 13.2. The van der Waals surface area contributed by atoms with Crippen LogP contribution in [0.3, 0.4) is 0 Å². The van der Waals surface area contributed by atoms with E-state index in [0.29, 0.717) is 9.90 Å². The van der Waals surface area contributed by atoms with Crippen LogP contribution in [-0.4, -0.2) is 5.91 Å². The van der Waals surface area contributed by atoms with E-state index >= 15 is 0 Å². The largest absolute Gasteiger partial charge is 0.276 e. The van der Waals surface area contributed by atoms with Crippen molar-refractivity contribution in [2.75, 3.05) is 4.90 Å². The molecule has 4 heteroatoms. The summed E-state index contributed by atoms with van der Waals surface area (Å²) in [4.78, 5) is 15.6. The van der Waals surface area contributed by atoms with Gasteiger partial charge in [-0.2, -0.15) is 0 Å². The van der Waals surface area contributed by atoms with Gasteiger partial charge in [0.25, 0.3) is 5.91 Å². The lowest BCUT2D eigenvalue weighted by Crippen LogP contribution is -2.25. The van der Waals surface area contributed by atoms with Gasteiger partial charge < -0.3 is 0 Å². The molecule has 0 aliphatic heterocycles. The van der Waals surface area contributed by atoms with Gasteiger partial charge >= 0.3 is 0 Å². The topological polar surface area (TPSA) is 20.3 Å². The number of fused-ring (bicyclic) bond motifs is 1. The highest BCUT2D eigenvalue weighted by atomic mass is 35.5. The van der Waals surface area contributed by atoms with Gasteiger partial charge in [-0.1, -0.05) is 66.2 Å². The minimum atomic E-state index is -0.122. The molecule has 0 fully saturated rings. The number of thiophene rings is 1. The van der Waals surface area contributed by atoms with E-state index in [0.717, 1.165) is 21.5 Å². The quantitative estimate of drug-likeness (QED) is 0.405. The monoisotopic (exact) mass is 363 g/mol. The maximum absolute atomic E-state index is 13.4. The number of anilines is 2. The fourth-order valence-corrected chi connectivity index (χ4v) is 4.23. The van der Waals surface area contributed by atoms with Crippen molar-refractivity contribution >= 4 is 50.3 Å². The summed E-state index contributed by atoms with van der Waals surface area (Å²) in [5, 5.41) is 1.43. The van der Waals surface area contributed by atoms with Gasteiger partial charge in [-0.05, 0) is 30.3 Å². The number of para-hydroxylation sites is 2. The molecule has 0 unspecified atom stereocenters. The van der Waals surface area contributed by atoms with Crippen LogP contribution in [0.25, 0.3) is 10.1 Å². The molecule has 0 saturated heterocycles. The van der Waals surface area contributed by atoms with Crippen molar-refractivity contribution in [3.63, 3.8) is 0 Å². The van der Waals surface area contributed by atoms with Gasteiger partial charge in [-0.25, -0.2) is 0 Å². The van der Waals surface area contributed by atoms with Gasteiger partial charge in [-0.15, -0.1) is 11.3 Å². The van der Waals surface area contributed by atoms with Crippen molar-refractivity contribution in [1.82, 2.24) is 0 Å². The third-order valence-corrected chi connectivity index (χ3v) is 5.62. The zero-order valence-corrected chi connectivity index (χ0v) is 14.8. The molecule has 3 aromatic carbocycles. The number of halogens is 1. The number of carbonyl (C=O) groups is 1. The first-order valence-corrected chi connectivity index (χ1v) is 9.07. The third kappa shape index (κ3) is 2.93. The van der Waals surface area contributed by atoms with Crippen LogP contribution >= 0.6 is 22.9 Å². The molecular weight excluding hydrogens is 350 g/mol. The number of nitrogens with zero attached hydrogens (tertiary/aromatic N) is 1. The van der Waals surface area contributed by atoms with Crippen molar-refractivity contribution in [3.05, 3.63) is 94.8 Å². The van der Waals surface area contributed by atoms with Gasteiger partial charge in [-0.3, -0.25) is 9.69 Å². The van der Waals surface area contributed by atoms with Crippen LogP contribution in [0.5, 0.6) is 0 Å². The minimum absolute atomic E-state index is 0.122. The van der Waals surface area contributed by atoms with Gasteiger partial charge in [0.2, 0.25) is 0 Å². The van der Waals surface area contributed by atoms with Gasteiger partial charge in [0.05, 0.1) is 5.02 Å². The summed E-state index contributed by atoms with van der Waals surface area (Å²) in [6.07, 6.45) is 0. The Morgan fingerprint density at radius 1 is 0.760 bits per heavy atom. The zero-order chi connectivity index (χ0) is 17.2. The van der Waals surface area contributed by atoms with Crippen LogP contribution in [0.2, 0.25) is 5.02 Å². The second kappa shape index (κ2) is 6.71. The number of benzene rings is 3. The fourth-order valence-electron chi connectivity index (χ4n) is 2.79. The van der Waals surface area contributed by atoms with Crippen LogP contribution in [0.15, 0.2) is 84.9 Å². The normalized spacial score (nSPS) is 10.8. The first kappa shape index (κ1) is 15.9. The van der Waals surface area contributed by atoms with E-state index in [9.17, 15) is 4.79 Å². The van der Waals surface area contributed by atoms with Gasteiger partial charge in [0.1, 0.15) is 4.88 Å². The summed E-state index contributed by atoms with van der Waals surface area (Å²) < 4.78 is 1.01. The molecule has 0 aliphatic carbocycles. The second-order valence-electron chi connectivity index (χ2n) is 5.55. The maximum Gasteiger partial charge on any atom is 0.274 e. The number of carbonyl (C=O) groups excluding carboxylic acids is 1. The number of hydrogen-bond donors (Lipinski definition) is 0. The average molecular weight is 364 g/mol. The molecule has 0 N–H and O–H groups in total. The first-order valence-electron chi connectivity index (χ1n) is 7.87. The van der Waals surface area contributed by atoms with E-state index in [1.54, 1.807) is 4.90 Å². The molecule has 2 nitrogen and oxygen atoms in total. The Morgan fingerprint density at radius 3 is 1.84 bits per heavy atom. The number of hydrogen-bond acceptors (Lipinski definition) is 2. The highest BCUT2D eigenvalue weighted by Gasteiger charge is 2.24. The van der Waals surface area contributed by atoms with E-state index in [2.05, 4.69) is 0 Å². The highest BCUT2D eigenvalue weighted by Crippen LogP contribution is 2.38. The average Bonchev–Trinajstić information content (AvgIpc) is 3.01. The van der Waals surface area contributed by atoms with Gasteiger partial charge in [0, 0.05) is 21.5 Å². The molecule has 0 atom stereocenters. The van der Waals surface area contributed by atoms with Crippen LogP contribution < -0.4 is 4.90 Å². The van der Waals surface area contributed by atoms with Crippen LogP contribution in [0.4, 0.5) is 11.4 Å². The van der Waals surface area contributed by atoms with Crippen molar-refractivity contribution in [2.24, 2.45) is 0 Å². The number of amides is 1. The highest BCUT2D eigenvalue weighted by molar-refractivity contribution is 7.21. The maximum atomic E-state index is 13.4. The standard InChI is InChI=1S/C21H14ClNOS/c22-19-17-13-7-8-14-18(17)25-20(19)21(24)23(15-9-3-1-4-10-15)16-11-5-2-6-12-16/h1-14H. The Hall–Kier alpha value is -2.62. The predicted octanol–water partition coefficient (Wildman–Crippen LogP) is 6.53. The van der Waals surface area contributed by atoms with Crippen LogP contribution in [0.1, 0.15) is 9.67 Å². The summed E-state index contributed by atoms with van der Waals surface area (Å²) in [5.74, 6) is -0.122. The van der Waals surface area contributed by atoms with Crippen molar-refractivity contribution in [3.8, 4) is 0 Å².